The maximum absolute atomic E-state index is 12.2. The Bertz CT molecular complexity index is 472. The van der Waals surface area contributed by atoms with Gasteiger partial charge in [-0.1, -0.05) is 18.6 Å². The smallest absolute Gasteiger partial charge is 0.261 e. The Morgan fingerprint density at radius 2 is 1.79 bits per heavy atom. The van der Waals surface area contributed by atoms with Crippen molar-refractivity contribution in [3.8, 4) is 0 Å². The minimum Gasteiger partial charge on any atom is -0.274 e. The molecule has 3 rings (SSSR count). The zero-order chi connectivity index (χ0) is 13.2. The van der Waals surface area contributed by atoms with Crippen LogP contribution >= 0.6 is 0 Å². The van der Waals surface area contributed by atoms with E-state index in [4.69, 9.17) is 0 Å². The van der Waals surface area contributed by atoms with Crippen LogP contribution in [0.25, 0.3) is 0 Å². The van der Waals surface area contributed by atoms with Crippen molar-refractivity contribution >= 4 is 11.8 Å². The Labute approximate surface area is 112 Å². The van der Waals surface area contributed by atoms with Crippen LogP contribution in [0, 0.1) is 0 Å². The van der Waals surface area contributed by atoms with Gasteiger partial charge >= 0.3 is 0 Å². The molecule has 1 aromatic carbocycles. The number of carbonyl (C=O) groups excluding carboxylic acids is 2. The molecular formula is C15H17N2O2. The molecule has 2 amide bonds. The quantitative estimate of drug-likeness (QED) is 0.776. The maximum atomic E-state index is 12.2. The van der Waals surface area contributed by atoms with E-state index < -0.39 is 0 Å². The molecule has 0 N–H and O–H groups in total. The molecule has 19 heavy (non-hydrogen) atoms. The number of benzene rings is 1. The highest BCUT2D eigenvalue weighted by Gasteiger charge is 2.35. The van der Waals surface area contributed by atoms with Crippen LogP contribution in [0.15, 0.2) is 24.3 Å². The van der Waals surface area contributed by atoms with Crippen LogP contribution in [-0.4, -0.2) is 35.8 Å². The number of nitrogens with zero attached hydrogens (tertiary/aromatic N) is 2. The molecule has 4 nitrogen and oxygen atoms in total. The van der Waals surface area contributed by atoms with Gasteiger partial charge in [0.25, 0.3) is 11.8 Å². The van der Waals surface area contributed by atoms with Crippen LogP contribution in [0.4, 0.5) is 0 Å². The standard InChI is InChI=1S/C15H17N2O2/c18-14-12-6-1-2-7-13(12)15(19)17(14)10-8-11-5-3-4-9-16-11/h1-2,6-7,11H,3-5,8-10H2. The van der Waals surface area contributed by atoms with Gasteiger partial charge in [-0.25, -0.2) is 5.32 Å². The summed E-state index contributed by atoms with van der Waals surface area (Å²) >= 11 is 0. The lowest BCUT2D eigenvalue weighted by atomic mass is 10.0. The van der Waals surface area contributed by atoms with E-state index in [0.717, 1.165) is 19.4 Å². The number of rotatable bonds is 3. The summed E-state index contributed by atoms with van der Waals surface area (Å²) < 4.78 is 0. The van der Waals surface area contributed by atoms with E-state index in [1.807, 2.05) is 0 Å². The fourth-order valence-electron chi connectivity index (χ4n) is 2.81. The van der Waals surface area contributed by atoms with Crippen LogP contribution in [0.1, 0.15) is 46.4 Å². The summed E-state index contributed by atoms with van der Waals surface area (Å²) in [5.74, 6) is -0.312. The molecule has 1 saturated heterocycles. The lowest BCUT2D eigenvalue weighted by molar-refractivity contribution is 0.0646. The molecule has 1 radical (unpaired) electrons. The molecule has 1 fully saturated rings. The number of piperidine rings is 1. The van der Waals surface area contributed by atoms with Gasteiger partial charge in [0.15, 0.2) is 0 Å². The molecule has 0 spiro atoms. The average Bonchev–Trinajstić information content (AvgIpc) is 2.71. The van der Waals surface area contributed by atoms with E-state index in [2.05, 4.69) is 5.32 Å². The van der Waals surface area contributed by atoms with Crippen LogP contribution in [0.5, 0.6) is 0 Å². The van der Waals surface area contributed by atoms with Crippen molar-refractivity contribution < 1.29 is 9.59 Å². The highest BCUT2D eigenvalue weighted by atomic mass is 16.2. The van der Waals surface area contributed by atoms with Crippen molar-refractivity contribution in [3.05, 3.63) is 35.4 Å². The SMILES string of the molecule is O=C1c2ccccc2C(=O)N1CCC1CCCC[N]1. The number of hydrogen-bond acceptors (Lipinski definition) is 2. The fraction of sp³-hybridized carbons (Fsp3) is 0.467. The zero-order valence-corrected chi connectivity index (χ0v) is 10.8. The van der Waals surface area contributed by atoms with E-state index in [0.29, 0.717) is 23.7 Å². The van der Waals surface area contributed by atoms with Crippen molar-refractivity contribution in [2.24, 2.45) is 0 Å². The summed E-state index contributed by atoms with van der Waals surface area (Å²) in [5.41, 5.74) is 1.07. The first-order valence-corrected chi connectivity index (χ1v) is 6.89. The Kier molecular flexibility index (Phi) is 3.34. The van der Waals surface area contributed by atoms with Crippen LogP contribution in [-0.2, 0) is 0 Å². The average molecular weight is 257 g/mol. The second kappa shape index (κ2) is 5.13. The van der Waals surface area contributed by atoms with E-state index in [1.54, 1.807) is 24.3 Å². The fourth-order valence-corrected chi connectivity index (χ4v) is 2.81. The second-order valence-corrected chi connectivity index (χ2v) is 5.15. The maximum Gasteiger partial charge on any atom is 0.261 e. The molecule has 2 aliphatic heterocycles. The van der Waals surface area contributed by atoms with Gasteiger partial charge in [-0.3, -0.25) is 14.5 Å². The molecule has 0 saturated carbocycles. The lowest BCUT2D eigenvalue weighted by Crippen LogP contribution is -2.36. The summed E-state index contributed by atoms with van der Waals surface area (Å²) in [6.07, 6.45) is 4.26. The highest BCUT2D eigenvalue weighted by Crippen LogP contribution is 2.23. The topological polar surface area (TPSA) is 51.5 Å². The van der Waals surface area contributed by atoms with Gasteiger partial charge in [-0.05, 0) is 31.4 Å². The molecule has 1 atom stereocenters. The predicted molar refractivity (Wildman–Crippen MR) is 71.1 cm³/mol. The molecule has 1 unspecified atom stereocenters. The van der Waals surface area contributed by atoms with E-state index in [-0.39, 0.29) is 11.8 Å². The number of hydrogen-bond donors (Lipinski definition) is 0. The Hall–Kier alpha value is -1.68. The van der Waals surface area contributed by atoms with E-state index in [1.165, 1.54) is 17.7 Å². The first-order valence-electron chi connectivity index (χ1n) is 6.89. The van der Waals surface area contributed by atoms with Crippen molar-refractivity contribution in [1.82, 2.24) is 10.2 Å². The summed E-state index contributed by atoms with van der Waals surface area (Å²) in [6, 6.07) is 7.35. The highest BCUT2D eigenvalue weighted by molar-refractivity contribution is 6.21. The minimum absolute atomic E-state index is 0.156. The Morgan fingerprint density at radius 1 is 1.11 bits per heavy atom. The number of amides is 2. The van der Waals surface area contributed by atoms with Gasteiger partial charge in [-0.2, -0.15) is 0 Å². The van der Waals surface area contributed by atoms with Crippen molar-refractivity contribution in [2.45, 2.75) is 31.7 Å². The zero-order valence-electron chi connectivity index (χ0n) is 10.8. The monoisotopic (exact) mass is 257 g/mol. The number of fused-ring (bicyclic) bond motifs is 1. The van der Waals surface area contributed by atoms with Crippen LogP contribution in [0.2, 0.25) is 0 Å². The normalized spacial score (nSPS) is 22.7. The van der Waals surface area contributed by atoms with Gasteiger partial charge in [-0.15, -0.1) is 0 Å². The van der Waals surface area contributed by atoms with Crippen LogP contribution < -0.4 is 5.32 Å². The molecule has 1 aromatic rings. The summed E-state index contributed by atoms with van der Waals surface area (Å²) in [6.45, 7) is 1.41. The van der Waals surface area contributed by atoms with Gasteiger partial charge in [0.2, 0.25) is 0 Å². The molecule has 0 bridgehead atoms. The van der Waals surface area contributed by atoms with Gasteiger partial charge in [0.05, 0.1) is 11.1 Å². The molecule has 99 valence electrons. The lowest BCUT2D eigenvalue weighted by Gasteiger charge is -2.23. The molecular weight excluding hydrogens is 240 g/mol. The number of imide groups is 1. The molecule has 0 aliphatic carbocycles. The largest absolute Gasteiger partial charge is 0.274 e. The van der Waals surface area contributed by atoms with Crippen molar-refractivity contribution in [2.75, 3.05) is 13.1 Å². The predicted octanol–water partition coefficient (Wildman–Crippen LogP) is 1.83. The van der Waals surface area contributed by atoms with E-state index >= 15 is 0 Å². The van der Waals surface area contributed by atoms with Crippen LogP contribution in [0.3, 0.4) is 0 Å². The van der Waals surface area contributed by atoms with Gasteiger partial charge in [0.1, 0.15) is 0 Å². The summed E-state index contributed by atoms with van der Waals surface area (Å²) in [7, 11) is 0. The molecule has 2 aliphatic rings. The Morgan fingerprint density at radius 3 is 2.37 bits per heavy atom. The summed E-state index contributed by atoms with van der Waals surface area (Å²) in [4.78, 5) is 25.7. The van der Waals surface area contributed by atoms with Gasteiger partial charge < -0.3 is 0 Å². The molecule has 2 heterocycles. The molecule has 0 aromatic heterocycles. The first kappa shape index (κ1) is 12.4. The number of carbonyl (C=O) groups is 2. The third-order valence-corrected chi connectivity index (χ3v) is 3.90. The summed E-state index contributed by atoms with van der Waals surface area (Å²) in [5, 5.41) is 4.54. The minimum atomic E-state index is -0.156. The first-order chi connectivity index (χ1) is 9.27. The second-order valence-electron chi connectivity index (χ2n) is 5.15. The van der Waals surface area contributed by atoms with Gasteiger partial charge in [0, 0.05) is 19.1 Å². The van der Waals surface area contributed by atoms with Crippen molar-refractivity contribution in [1.29, 1.82) is 0 Å². The molecule has 4 heteroatoms. The third-order valence-electron chi connectivity index (χ3n) is 3.90. The van der Waals surface area contributed by atoms with Crippen molar-refractivity contribution in [3.63, 3.8) is 0 Å². The third kappa shape index (κ3) is 2.28. The Balaban J connectivity index is 1.67. The van der Waals surface area contributed by atoms with E-state index in [9.17, 15) is 9.59 Å².